The number of rotatable bonds is 4. The van der Waals surface area contributed by atoms with Gasteiger partial charge in [0.25, 0.3) is 5.91 Å². The molecule has 4 heterocycles. The molecule has 9 nitrogen and oxygen atoms in total. The number of anilines is 2. The first-order valence-electron chi connectivity index (χ1n) is 11.3. The number of imidazole rings is 1. The lowest BCUT2D eigenvalue weighted by Crippen LogP contribution is -2.49. The van der Waals surface area contributed by atoms with Crippen molar-refractivity contribution in [3.63, 3.8) is 0 Å². The van der Waals surface area contributed by atoms with E-state index in [2.05, 4.69) is 72.1 Å². The molecule has 0 atom stereocenters. The molecule has 1 aliphatic rings. The van der Waals surface area contributed by atoms with Gasteiger partial charge in [-0.05, 0) is 33.8 Å². The summed E-state index contributed by atoms with van der Waals surface area (Å²) in [5, 5.41) is 9.44. The number of piperazine rings is 1. The second-order valence-electron chi connectivity index (χ2n) is 9.50. The Balaban J connectivity index is 1.40. The monoisotopic (exact) mass is 476 g/mol. The lowest BCUT2D eigenvalue weighted by molar-refractivity contribution is 0.0740. The van der Waals surface area contributed by atoms with Gasteiger partial charge in [-0.3, -0.25) is 9.78 Å². The van der Waals surface area contributed by atoms with Crippen LogP contribution >= 0.6 is 11.3 Å². The van der Waals surface area contributed by atoms with Crippen molar-refractivity contribution < 1.29 is 4.79 Å². The van der Waals surface area contributed by atoms with Gasteiger partial charge < -0.3 is 15.1 Å². The first-order valence-corrected chi connectivity index (χ1v) is 12.2. The predicted molar refractivity (Wildman–Crippen MR) is 135 cm³/mol. The van der Waals surface area contributed by atoms with Crippen LogP contribution in [0, 0.1) is 6.92 Å². The molecule has 176 valence electrons. The minimum Gasteiger partial charge on any atom is -0.364 e. The molecule has 1 amide bonds. The second-order valence-corrected chi connectivity index (χ2v) is 10.4. The number of fused-ring (bicyclic) bond motifs is 1. The van der Waals surface area contributed by atoms with Gasteiger partial charge >= 0.3 is 0 Å². The third-order valence-electron chi connectivity index (χ3n) is 5.60. The lowest BCUT2D eigenvalue weighted by Gasteiger charge is -2.34. The number of nitrogens with one attached hydrogen (secondary N) is 1. The van der Waals surface area contributed by atoms with Crippen LogP contribution in [0.3, 0.4) is 0 Å². The van der Waals surface area contributed by atoms with Gasteiger partial charge in [-0.25, -0.2) is 9.97 Å². The quantitative estimate of drug-likeness (QED) is 0.480. The topological polar surface area (TPSA) is 91.6 Å². The van der Waals surface area contributed by atoms with E-state index in [1.54, 1.807) is 23.7 Å². The average molecular weight is 477 g/mol. The van der Waals surface area contributed by atoms with Crippen molar-refractivity contribution in [1.82, 2.24) is 29.5 Å². The number of amides is 1. The largest absolute Gasteiger partial charge is 0.364 e. The third-order valence-corrected chi connectivity index (χ3v) is 6.57. The number of nitrogens with zero attached hydrogens (tertiary/aromatic N) is 7. The van der Waals surface area contributed by atoms with Gasteiger partial charge in [-0.2, -0.15) is 4.52 Å². The minimum atomic E-state index is -0.148. The highest BCUT2D eigenvalue weighted by Crippen LogP contribution is 2.35. The van der Waals surface area contributed by atoms with E-state index >= 15 is 0 Å². The summed E-state index contributed by atoms with van der Waals surface area (Å²) in [6.07, 6.45) is 4.63. The molecule has 5 rings (SSSR count). The number of hydrogen-bond acceptors (Lipinski definition) is 8. The Bertz CT molecular complexity index is 1320. The standard InChI is InChI=1S/C24H28N8OS/c1-16-6-5-7-17(14-16)19-20(28-24(2,3)4)32-22(27-19)34-23(29-32)31-12-10-30(11-13-31)21(33)18-15-25-8-9-26-18/h5-9,14-15,28H,10-13H2,1-4H3. The molecule has 0 spiro atoms. The molecule has 1 fully saturated rings. The normalized spacial score (nSPS) is 14.6. The van der Waals surface area contributed by atoms with Crippen LogP contribution in [-0.4, -0.2) is 67.1 Å². The van der Waals surface area contributed by atoms with E-state index < -0.39 is 0 Å². The Labute approximate surface area is 202 Å². The maximum absolute atomic E-state index is 12.7. The maximum Gasteiger partial charge on any atom is 0.274 e. The molecule has 0 aliphatic carbocycles. The molecule has 1 saturated heterocycles. The summed E-state index contributed by atoms with van der Waals surface area (Å²) in [5.41, 5.74) is 3.40. The van der Waals surface area contributed by atoms with E-state index in [-0.39, 0.29) is 11.4 Å². The highest BCUT2D eigenvalue weighted by Gasteiger charge is 2.27. The van der Waals surface area contributed by atoms with Gasteiger partial charge in [0.05, 0.1) is 6.20 Å². The van der Waals surface area contributed by atoms with Gasteiger partial charge in [-0.15, -0.1) is 5.10 Å². The van der Waals surface area contributed by atoms with Gasteiger partial charge in [-0.1, -0.05) is 35.1 Å². The zero-order chi connectivity index (χ0) is 23.9. The molecule has 1 N–H and O–H groups in total. The summed E-state index contributed by atoms with van der Waals surface area (Å²) >= 11 is 1.57. The van der Waals surface area contributed by atoms with E-state index in [0.717, 1.165) is 27.2 Å². The van der Waals surface area contributed by atoms with Gasteiger partial charge in [0.2, 0.25) is 10.1 Å². The molecule has 1 aromatic carbocycles. The number of aryl methyl sites for hydroxylation is 1. The van der Waals surface area contributed by atoms with Crippen LogP contribution in [-0.2, 0) is 0 Å². The van der Waals surface area contributed by atoms with Gasteiger partial charge in [0, 0.05) is 49.7 Å². The molecule has 10 heteroatoms. The number of benzene rings is 1. The highest BCUT2D eigenvalue weighted by molar-refractivity contribution is 7.20. The summed E-state index contributed by atoms with van der Waals surface area (Å²) in [6, 6.07) is 8.37. The van der Waals surface area contributed by atoms with Crippen molar-refractivity contribution >= 4 is 33.2 Å². The summed E-state index contributed by atoms with van der Waals surface area (Å²) in [5.74, 6) is 0.813. The Morgan fingerprint density at radius 1 is 1.12 bits per heavy atom. The molecular weight excluding hydrogens is 448 g/mol. The minimum absolute atomic E-state index is 0.0823. The Kier molecular flexibility index (Phi) is 5.68. The summed E-state index contributed by atoms with van der Waals surface area (Å²) in [4.78, 5) is 30.7. The predicted octanol–water partition coefficient (Wildman–Crippen LogP) is 3.73. The fraction of sp³-hybridized carbons (Fsp3) is 0.375. The SMILES string of the molecule is Cc1cccc(-c2nc3sc(N4CCN(C(=O)c5cnccn5)CC4)nn3c2NC(C)(C)C)c1. The molecule has 4 aromatic rings. The molecule has 34 heavy (non-hydrogen) atoms. The van der Waals surface area contributed by atoms with Gasteiger partial charge in [0.1, 0.15) is 11.4 Å². The van der Waals surface area contributed by atoms with Crippen molar-refractivity contribution in [2.75, 3.05) is 36.4 Å². The van der Waals surface area contributed by atoms with E-state index in [0.29, 0.717) is 31.9 Å². The Hall–Kier alpha value is -3.53. The molecule has 0 bridgehead atoms. The van der Waals surface area contributed by atoms with Crippen LogP contribution < -0.4 is 10.2 Å². The maximum atomic E-state index is 12.7. The molecule has 0 unspecified atom stereocenters. The van der Waals surface area contributed by atoms with Crippen molar-refractivity contribution in [1.29, 1.82) is 0 Å². The Morgan fingerprint density at radius 2 is 1.91 bits per heavy atom. The number of carbonyl (C=O) groups excluding carboxylic acids is 1. The fourth-order valence-corrected chi connectivity index (χ4v) is 4.95. The lowest BCUT2D eigenvalue weighted by atomic mass is 10.1. The smallest absolute Gasteiger partial charge is 0.274 e. The molecule has 0 saturated carbocycles. The van der Waals surface area contributed by atoms with Crippen LogP contribution in [0.2, 0.25) is 0 Å². The molecule has 1 aliphatic heterocycles. The summed E-state index contributed by atoms with van der Waals surface area (Å²) < 4.78 is 1.92. The van der Waals surface area contributed by atoms with E-state index in [9.17, 15) is 4.79 Å². The van der Waals surface area contributed by atoms with E-state index in [1.807, 2.05) is 9.42 Å². The number of aromatic nitrogens is 5. The van der Waals surface area contributed by atoms with Crippen LogP contribution in [0.25, 0.3) is 16.2 Å². The third kappa shape index (κ3) is 4.45. The second kappa shape index (κ2) is 8.68. The van der Waals surface area contributed by atoms with Crippen LogP contribution in [0.4, 0.5) is 10.9 Å². The first kappa shape index (κ1) is 22.3. The number of hydrogen-bond donors (Lipinski definition) is 1. The summed E-state index contributed by atoms with van der Waals surface area (Å²) in [7, 11) is 0. The molecule has 3 aromatic heterocycles. The summed E-state index contributed by atoms with van der Waals surface area (Å²) in [6.45, 7) is 11.1. The zero-order valence-corrected chi connectivity index (χ0v) is 20.6. The van der Waals surface area contributed by atoms with Crippen molar-refractivity contribution in [2.24, 2.45) is 0 Å². The fourth-order valence-electron chi connectivity index (χ4n) is 4.00. The van der Waals surface area contributed by atoms with Crippen LogP contribution in [0.1, 0.15) is 36.8 Å². The van der Waals surface area contributed by atoms with Crippen molar-refractivity contribution in [3.8, 4) is 11.3 Å². The Morgan fingerprint density at radius 3 is 2.59 bits per heavy atom. The van der Waals surface area contributed by atoms with Crippen LogP contribution in [0.5, 0.6) is 0 Å². The average Bonchev–Trinajstić information content (AvgIpc) is 3.38. The van der Waals surface area contributed by atoms with Gasteiger partial charge in [0.15, 0.2) is 5.82 Å². The van der Waals surface area contributed by atoms with E-state index in [1.165, 1.54) is 11.8 Å². The van der Waals surface area contributed by atoms with Crippen molar-refractivity contribution in [3.05, 3.63) is 54.1 Å². The van der Waals surface area contributed by atoms with Crippen LogP contribution in [0.15, 0.2) is 42.9 Å². The number of carbonyl (C=O) groups is 1. The molecule has 0 radical (unpaired) electrons. The highest BCUT2D eigenvalue weighted by atomic mass is 32.1. The molecular formula is C24H28N8OS. The zero-order valence-electron chi connectivity index (χ0n) is 19.8. The van der Waals surface area contributed by atoms with Crippen molar-refractivity contribution in [2.45, 2.75) is 33.2 Å². The first-order chi connectivity index (χ1) is 16.3. The van der Waals surface area contributed by atoms with E-state index in [4.69, 9.17) is 10.1 Å².